The molecule has 2 aromatic carbocycles. The molecule has 0 aliphatic heterocycles. The van der Waals surface area contributed by atoms with Crippen molar-refractivity contribution >= 4 is 11.4 Å². The van der Waals surface area contributed by atoms with Crippen LogP contribution in [0, 0.1) is 24.0 Å². The Hall–Kier alpha value is -2.56. The molecule has 0 fully saturated rings. The maximum absolute atomic E-state index is 10.9. The van der Waals surface area contributed by atoms with Gasteiger partial charge in [0.25, 0.3) is 0 Å². The van der Waals surface area contributed by atoms with E-state index in [1.165, 1.54) is 6.07 Å². The van der Waals surface area contributed by atoms with Crippen molar-refractivity contribution in [2.75, 3.05) is 5.73 Å². The average molecular weight is 258 g/mol. The lowest BCUT2D eigenvalue weighted by molar-refractivity contribution is -0.385. The minimum Gasteiger partial charge on any atom is -0.450 e. The molecule has 0 saturated heterocycles. The number of nitrogen functional groups attached to an aromatic ring is 1. The molecule has 2 N–H and O–H groups in total. The van der Waals surface area contributed by atoms with E-state index >= 15 is 0 Å². The molecule has 0 saturated carbocycles. The number of hydrogen-bond donors (Lipinski definition) is 1. The van der Waals surface area contributed by atoms with E-state index in [1.54, 1.807) is 30.3 Å². The number of benzene rings is 2. The van der Waals surface area contributed by atoms with Crippen molar-refractivity contribution in [3.8, 4) is 11.5 Å². The summed E-state index contributed by atoms with van der Waals surface area (Å²) < 4.78 is 5.59. The third-order valence-electron chi connectivity index (χ3n) is 2.86. The summed E-state index contributed by atoms with van der Waals surface area (Å²) in [6.45, 7) is 3.74. The summed E-state index contributed by atoms with van der Waals surface area (Å²) in [5.74, 6) is 0.759. The quantitative estimate of drug-likeness (QED) is 0.518. The standard InChI is InChI=1S/C14H14N2O3/c1-9-7-11(8-10(2)14(9)15)19-13-6-4-3-5-12(13)16(17)18/h3-8H,15H2,1-2H3. The molecule has 0 aliphatic rings. The SMILES string of the molecule is Cc1cc(Oc2ccccc2[N+](=O)[O-])cc(C)c1N. The van der Waals surface area contributed by atoms with Crippen LogP contribution >= 0.6 is 0 Å². The highest BCUT2D eigenvalue weighted by atomic mass is 16.6. The Morgan fingerprint density at radius 1 is 1.16 bits per heavy atom. The molecule has 0 atom stereocenters. The first-order valence-corrected chi connectivity index (χ1v) is 5.77. The molecule has 2 aromatic rings. The lowest BCUT2D eigenvalue weighted by Gasteiger charge is -2.10. The molecule has 0 aromatic heterocycles. The number of para-hydroxylation sites is 2. The molecule has 0 spiro atoms. The monoisotopic (exact) mass is 258 g/mol. The van der Waals surface area contributed by atoms with Crippen LogP contribution in [0.15, 0.2) is 36.4 Å². The molecule has 5 heteroatoms. The Balaban J connectivity index is 2.39. The predicted octanol–water partition coefficient (Wildman–Crippen LogP) is 3.59. The van der Waals surface area contributed by atoms with Crippen LogP contribution in [0.5, 0.6) is 11.5 Å². The van der Waals surface area contributed by atoms with Gasteiger partial charge in [-0.2, -0.15) is 0 Å². The second-order valence-corrected chi connectivity index (χ2v) is 4.30. The average Bonchev–Trinajstić information content (AvgIpc) is 2.36. The number of nitro benzene ring substituents is 1. The number of rotatable bonds is 3. The highest BCUT2D eigenvalue weighted by Gasteiger charge is 2.15. The van der Waals surface area contributed by atoms with Gasteiger partial charge in [0.05, 0.1) is 4.92 Å². The van der Waals surface area contributed by atoms with Gasteiger partial charge >= 0.3 is 5.69 Å². The van der Waals surface area contributed by atoms with Gasteiger partial charge in [0.2, 0.25) is 5.75 Å². The molecule has 2 rings (SSSR count). The Bertz CT molecular complexity index is 615. The molecule has 19 heavy (non-hydrogen) atoms. The van der Waals surface area contributed by atoms with Crippen LogP contribution in [-0.4, -0.2) is 4.92 Å². The lowest BCUT2D eigenvalue weighted by Crippen LogP contribution is -1.96. The van der Waals surface area contributed by atoms with Crippen molar-refractivity contribution in [2.45, 2.75) is 13.8 Å². The number of anilines is 1. The topological polar surface area (TPSA) is 78.4 Å². The fraction of sp³-hybridized carbons (Fsp3) is 0.143. The molecule has 0 unspecified atom stereocenters. The van der Waals surface area contributed by atoms with E-state index in [0.29, 0.717) is 11.4 Å². The smallest absolute Gasteiger partial charge is 0.311 e. The van der Waals surface area contributed by atoms with Crippen LogP contribution < -0.4 is 10.5 Å². The van der Waals surface area contributed by atoms with E-state index in [-0.39, 0.29) is 11.4 Å². The van der Waals surface area contributed by atoms with Gasteiger partial charge in [-0.25, -0.2) is 0 Å². The van der Waals surface area contributed by atoms with Crippen molar-refractivity contribution in [1.29, 1.82) is 0 Å². The normalized spacial score (nSPS) is 10.2. The summed E-state index contributed by atoms with van der Waals surface area (Å²) in [6, 6.07) is 9.80. The van der Waals surface area contributed by atoms with Crippen LogP contribution in [0.1, 0.15) is 11.1 Å². The maximum atomic E-state index is 10.9. The van der Waals surface area contributed by atoms with Crippen LogP contribution in [-0.2, 0) is 0 Å². The molecule has 0 heterocycles. The Morgan fingerprint density at radius 2 is 1.74 bits per heavy atom. The first-order chi connectivity index (χ1) is 8.99. The molecular formula is C14H14N2O3. The predicted molar refractivity (Wildman–Crippen MR) is 73.5 cm³/mol. The summed E-state index contributed by atoms with van der Waals surface area (Å²) >= 11 is 0. The van der Waals surface area contributed by atoms with E-state index in [1.807, 2.05) is 13.8 Å². The molecular weight excluding hydrogens is 244 g/mol. The second-order valence-electron chi connectivity index (χ2n) is 4.30. The largest absolute Gasteiger partial charge is 0.450 e. The highest BCUT2D eigenvalue weighted by Crippen LogP contribution is 2.33. The molecule has 0 bridgehead atoms. The van der Waals surface area contributed by atoms with E-state index < -0.39 is 4.92 Å². The van der Waals surface area contributed by atoms with E-state index in [2.05, 4.69) is 0 Å². The zero-order valence-corrected chi connectivity index (χ0v) is 10.7. The van der Waals surface area contributed by atoms with Crippen molar-refractivity contribution in [3.63, 3.8) is 0 Å². The van der Waals surface area contributed by atoms with Crippen molar-refractivity contribution in [1.82, 2.24) is 0 Å². The number of hydrogen-bond acceptors (Lipinski definition) is 4. The van der Waals surface area contributed by atoms with Gasteiger partial charge in [0.15, 0.2) is 0 Å². The third-order valence-corrected chi connectivity index (χ3v) is 2.86. The minimum absolute atomic E-state index is 0.0605. The summed E-state index contributed by atoms with van der Waals surface area (Å²) in [5.41, 5.74) is 8.27. The number of aryl methyl sites for hydroxylation is 2. The van der Waals surface area contributed by atoms with Crippen LogP contribution in [0.4, 0.5) is 11.4 Å². The zero-order valence-electron chi connectivity index (χ0n) is 10.7. The first-order valence-electron chi connectivity index (χ1n) is 5.77. The van der Waals surface area contributed by atoms with Gasteiger partial charge in [-0.3, -0.25) is 10.1 Å². The Kier molecular flexibility index (Phi) is 3.37. The van der Waals surface area contributed by atoms with E-state index in [4.69, 9.17) is 10.5 Å². The highest BCUT2D eigenvalue weighted by molar-refractivity contribution is 5.57. The van der Waals surface area contributed by atoms with Gasteiger partial charge < -0.3 is 10.5 Å². The summed E-state index contributed by atoms with van der Waals surface area (Å²) in [4.78, 5) is 10.4. The maximum Gasteiger partial charge on any atom is 0.311 e. The van der Waals surface area contributed by atoms with Crippen LogP contribution in [0.25, 0.3) is 0 Å². The van der Waals surface area contributed by atoms with Crippen molar-refractivity contribution in [2.24, 2.45) is 0 Å². The van der Waals surface area contributed by atoms with Crippen molar-refractivity contribution in [3.05, 3.63) is 57.6 Å². The number of nitro groups is 1. The van der Waals surface area contributed by atoms with E-state index in [9.17, 15) is 10.1 Å². The van der Waals surface area contributed by atoms with Crippen LogP contribution in [0.3, 0.4) is 0 Å². The number of ether oxygens (including phenoxy) is 1. The summed E-state index contributed by atoms with van der Waals surface area (Å²) in [5, 5.41) is 10.9. The van der Waals surface area contributed by atoms with Gasteiger partial charge in [-0.1, -0.05) is 12.1 Å². The fourth-order valence-electron chi connectivity index (χ4n) is 1.82. The molecule has 98 valence electrons. The Morgan fingerprint density at radius 3 is 2.32 bits per heavy atom. The molecule has 0 radical (unpaired) electrons. The van der Waals surface area contributed by atoms with Gasteiger partial charge in [-0.15, -0.1) is 0 Å². The molecule has 0 amide bonds. The third kappa shape index (κ3) is 2.65. The minimum atomic E-state index is -0.466. The van der Waals surface area contributed by atoms with Gasteiger partial charge in [0.1, 0.15) is 5.75 Å². The van der Waals surface area contributed by atoms with Gasteiger partial charge in [-0.05, 0) is 43.2 Å². The van der Waals surface area contributed by atoms with Crippen LogP contribution in [0.2, 0.25) is 0 Å². The second kappa shape index (κ2) is 4.97. The van der Waals surface area contributed by atoms with Gasteiger partial charge in [0, 0.05) is 11.8 Å². The Labute approximate surface area is 110 Å². The van der Waals surface area contributed by atoms with Crippen molar-refractivity contribution < 1.29 is 9.66 Å². The number of nitrogens with two attached hydrogens (primary N) is 1. The fourth-order valence-corrected chi connectivity index (χ4v) is 1.82. The van der Waals surface area contributed by atoms with E-state index in [0.717, 1.165) is 11.1 Å². The number of nitrogens with zero attached hydrogens (tertiary/aromatic N) is 1. The first kappa shape index (κ1) is 12.9. The molecule has 0 aliphatic carbocycles. The lowest BCUT2D eigenvalue weighted by atomic mass is 10.1. The zero-order chi connectivity index (χ0) is 14.0. The summed E-state index contributed by atoms with van der Waals surface area (Å²) in [7, 11) is 0. The molecule has 5 nitrogen and oxygen atoms in total. The summed E-state index contributed by atoms with van der Waals surface area (Å²) in [6.07, 6.45) is 0.